The van der Waals surface area contributed by atoms with Gasteiger partial charge in [0.05, 0.1) is 11.0 Å². The Labute approximate surface area is 275 Å². The van der Waals surface area contributed by atoms with Gasteiger partial charge in [-0.3, -0.25) is 0 Å². The Morgan fingerprint density at radius 2 is 0.872 bits per heavy atom. The van der Waals surface area contributed by atoms with Gasteiger partial charge in [0.15, 0.2) is 0 Å². The third-order valence-corrected chi connectivity index (χ3v) is 9.79. The molecule has 0 spiro atoms. The van der Waals surface area contributed by atoms with Crippen molar-refractivity contribution >= 4 is 43.4 Å². The van der Waals surface area contributed by atoms with Gasteiger partial charge < -0.3 is 4.57 Å². The van der Waals surface area contributed by atoms with Gasteiger partial charge in [0, 0.05) is 16.5 Å². The summed E-state index contributed by atoms with van der Waals surface area (Å²) >= 11 is 0. The van der Waals surface area contributed by atoms with E-state index < -0.39 is 0 Å². The maximum Gasteiger partial charge on any atom is 0.0541 e. The van der Waals surface area contributed by atoms with E-state index in [2.05, 4.69) is 181 Å². The minimum Gasteiger partial charge on any atom is -0.309 e. The zero-order valence-electron chi connectivity index (χ0n) is 26.3. The van der Waals surface area contributed by atoms with Crippen LogP contribution < -0.4 is 0 Å². The molecule has 0 atom stereocenters. The average molecular weight is 600 g/mol. The van der Waals surface area contributed by atoms with E-state index >= 15 is 0 Å². The normalized spacial score (nSPS) is 11.6. The second kappa shape index (κ2) is 11.2. The smallest absolute Gasteiger partial charge is 0.0541 e. The molecular weight excluding hydrogens is 567 g/mol. The van der Waals surface area contributed by atoms with E-state index in [0.29, 0.717) is 0 Å². The molecule has 1 heterocycles. The van der Waals surface area contributed by atoms with Crippen molar-refractivity contribution in [2.24, 2.45) is 0 Å². The summed E-state index contributed by atoms with van der Waals surface area (Å²) in [5, 5.41) is 7.64. The first-order chi connectivity index (χ1) is 23.3. The van der Waals surface area contributed by atoms with Gasteiger partial charge >= 0.3 is 0 Å². The van der Waals surface area contributed by atoms with Crippen molar-refractivity contribution in [3.63, 3.8) is 0 Å². The molecule has 0 aliphatic heterocycles. The van der Waals surface area contributed by atoms with Crippen molar-refractivity contribution in [3.8, 4) is 39.1 Å². The quantitative estimate of drug-likeness (QED) is 0.173. The Hall–Kier alpha value is -5.92. The number of aryl methyl sites for hydroxylation is 1. The number of nitrogens with zero attached hydrogens (tertiary/aromatic N) is 1. The van der Waals surface area contributed by atoms with Gasteiger partial charge in [-0.25, -0.2) is 0 Å². The number of fused-ring (bicyclic) bond motifs is 5. The van der Waals surface area contributed by atoms with Gasteiger partial charge in [-0.1, -0.05) is 146 Å². The molecule has 0 N–H and O–H groups in total. The summed E-state index contributed by atoms with van der Waals surface area (Å²) in [5.74, 6) is 0. The highest BCUT2D eigenvalue weighted by Gasteiger charge is 2.18. The summed E-state index contributed by atoms with van der Waals surface area (Å²) in [6.45, 7) is 2.24. The molecule has 1 nitrogen and oxygen atoms in total. The van der Waals surface area contributed by atoms with Gasteiger partial charge in [-0.2, -0.15) is 0 Å². The highest BCUT2D eigenvalue weighted by atomic mass is 15.0. The lowest BCUT2D eigenvalue weighted by molar-refractivity contribution is 1.14. The fourth-order valence-corrected chi connectivity index (χ4v) is 7.66. The molecule has 0 radical (unpaired) electrons. The molecule has 0 saturated heterocycles. The maximum atomic E-state index is 2.43. The minimum atomic E-state index is 1.00. The number of hydrogen-bond acceptors (Lipinski definition) is 0. The summed E-state index contributed by atoms with van der Waals surface area (Å²) in [7, 11) is 0. The molecule has 47 heavy (non-hydrogen) atoms. The van der Waals surface area contributed by atoms with Crippen molar-refractivity contribution in [3.05, 3.63) is 175 Å². The van der Waals surface area contributed by atoms with E-state index in [1.54, 1.807) is 0 Å². The van der Waals surface area contributed by atoms with Crippen LogP contribution in [0.2, 0.25) is 0 Å². The molecule has 1 heteroatoms. The monoisotopic (exact) mass is 599 g/mol. The van der Waals surface area contributed by atoms with Crippen LogP contribution in [0.25, 0.3) is 82.4 Å². The Balaban J connectivity index is 1.31. The lowest BCUT2D eigenvalue weighted by Crippen LogP contribution is -1.95. The van der Waals surface area contributed by atoms with E-state index in [4.69, 9.17) is 0 Å². The summed E-state index contributed by atoms with van der Waals surface area (Å²) in [4.78, 5) is 0. The summed E-state index contributed by atoms with van der Waals surface area (Å²) < 4.78 is 2.39. The topological polar surface area (TPSA) is 4.93 Å². The number of aromatic nitrogens is 1. The Morgan fingerprint density at radius 1 is 0.383 bits per heavy atom. The third kappa shape index (κ3) is 4.39. The Bertz CT molecular complexity index is 2530. The molecule has 0 aliphatic rings. The largest absolute Gasteiger partial charge is 0.309 e. The summed E-state index contributed by atoms with van der Waals surface area (Å²) in [6, 6.07) is 62.3. The Kier molecular flexibility index (Phi) is 6.50. The molecule has 0 fully saturated rings. The molecule has 0 saturated carbocycles. The van der Waals surface area contributed by atoms with Crippen LogP contribution >= 0.6 is 0 Å². The van der Waals surface area contributed by atoms with Crippen LogP contribution in [-0.4, -0.2) is 4.57 Å². The predicted molar refractivity (Wildman–Crippen MR) is 201 cm³/mol. The Morgan fingerprint density at radius 3 is 1.53 bits per heavy atom. The van der Waals surface area contributed by atoms with Gasteiger partial charge in [-0.05, 0) is 97.2 Å². The first-order valence-electron chi connectivity index (χ1n) is 16.5. The van der Waals surface area contributed by atoms with Gasteiger partial charge in [-0.15, -0.1) is 0 Å². The fourth-order valence-electron chi connectivity index (χ4n) is 7.66. The highest BCUT2D eigenvalue weighted by Crippen LogP contribution is 2.45. The van der Waals surface area contributed by atoms with Crippen LogP contribution in [0.5, 0.6) is 0 Å². The van der Waals surface area contributed by atoms with Crippen molar-refractivity contribution in [1.29, 1.82) is 0 Å². The molecule has 0 bridgehead atoms. The number of para-hydroxylation sites is 2. The van der Waals surface area contributed by atoms with Crippen molar-refractivity contribution in [2.45, 2.75) is 13.3 Å². The molecule has 222 valence electrons. The summed E-state index contributed by atoms with van der Waals surface area (Å²) in [5.41, 5.74) is 12.6. The van der Waals surface area contributed by atoms with Crippen molar-refractivity contribution in [2.75, 3.05) is 0 Å². The number of hydrogen-bond donors (Lipinski definition) is 0. The molecular formula is C46H33N. The molecule has 9 aromatic rings. The first kappa shape index (κ1) is 27.4. The SMILES string of the molecule is CCc1ccccc1-c1ccc2c(-c3ccc(-n4c5ccccc5c5ccccc54)cc3)c3ccccc3c(-c3ccccc3)c2c1. The van der Waals surface area contributed by atoms with Crippen LogP contribution in [0, 0.1) is 0 Å². The van der Waals surface area contributed by atoms with Gasteiger partial charge in [0.25, 0.3) is 0 Å². The van der Waals surface area contributed by atoms with Gasteiger partial charge in [0.2, 0.25) is 0 Å². The molecule has 0 unspecified atom stereocenters. The second-order valence-electron chi connectivity index (χ2n) is 12.3. The van der Waals surface area contributed by atoms with E-state index in [1.165, 1.54) is 88.0 Å². The minimum absolute atomic E-state index is 1.00. The molecule has 0 aliphatic carbocycles. The molecule has 8 aromatic carbocycles. The lowest BCUT2D eigenvalue weighted by Gasteiger charge is -2.19. The zero-order chi connectivity index (χ0) is 31.3. The highest BCUT2D eigenvalue weighted by molar-refractivity contribution is 6.22. The van der Waals surface area contributed by atoms with Crippen LogP contribution in [0.4, 0.5) is 0 Å². The van der Waals surface area contributed by atoms with Crippen LogP contribution in [-0.2, 0) is 6.42 Å². The maximum absolute atomic E-state index is 2.43. The number of benzene rings is 8. The van der Waals surface area contributed by atoms with Crippen LogP contribution in [0.3, 0.4) is 0 Å². The molecule has 1 aromatic heterocycles. The average Bonchev–Trinajstić information content (AvgIpc) is 3.48. The fraction of sp³-hybridized carbons (Fsp3) is 0.0435. The first-order valence-corrected chi connectivity index (χ1v) is 16.5. The second-order valence-corrected chi connectivity index (χ2v) is 12.3. The van der Waals surface area contributed by atoms with Crippen molar-refractivity contribution in [1.82, 2.24) is 4.57 Å². The zero-order valence-corrected chi connectivity index (χ0v) is 26.3. The van der Waals surface area contributed by atoms with E-state index in [-0.39, 0.29) is 0 Å². The van der Waals surface area contributed by atoms with Crippen LogP contribution in [0.1, 0.15) is 12.5 Å². The van der Waals surface area contributed by atoms with Gasteiger partial charge in [0.1, 0.15) is 0 Å². The van der Waals surface area contributed by atoms with E-state index in [9.17, 15) is 0 Å². The van der Waals surface area contributed by atoms with Crippen molar-refractivity contribution < 1.29 is 0 Å². The number of rotatable bonds is 5. The van der Waals surface area contributed by atoms with Crippen LogP contribution in [0.15, 0.2) is 170 Å². The predicted octanol–water partition coefficient (Wildman–Crippen LogP) is 12.7. The third-order valence-electron chi connectivity index (χ3n) is 9.79. The standard InChI is InChI=1S/C46H33N/c1-2-31-14-6-7-17-36(31)34-26-29-41-42(30-34)46(32-15-4-3-5-16-32)40-21-9-8-20-39(40)45(41)33-24-27-35(28-25-33)47-43-22-12-10-18-37(43)38-19-11-13-23-44(38)47/h3-30H,2H2,1H3. The molecule has 0 amide bonds. The lowest BCUT2D eigenvalue weighted by atomic mass is 9.84. The summed E-state index contributed by atoms with van der Waals surface area (Å²) in [6.07, 6.45) is 1.00. The van der Waals surface area contributed by atoms with E-state index in [0.717, 1.165) is 6.42 Å². The van der Waals surface area contributed by atoms with E-state index in [1.807, 2.05) is 0 Å². The molecule has 9 rings (SSSR count).